The number of anilines is 1. The van der Waals surface area contributed by atoms with Crippen molar-refractivity contribution >= 4 is 17.6 Å². The van der Waals surface area contributed by atoms with Crippen LogP contribution in [0.5, 0.6) is 0 Å². The van der Waals surface area contributed by atoms with Crippen molar-refractivity contribution in [3.05, 3.63) is 65.7 Å². The number of likely N-dealkylation sites (tertiary alicyclic amines) is 1. The Balaban J connectivity index is 1.59. The van der Waals surface area contributed by atoms with Crippen LogP contribution in [0.2, 0.25) is 0 Å². The van der Waals surface area contributed by atoms with E-state index in [1.807, 2.05) is 35.2 Å². The summed E-state index contributed by atoms with van der Waals surface area (Å²) in [6, 6.07) is 15.6. The lowest BCUT2D eigenvalue weighted by Gasteiger charge is -2.23. The molecule has 0 aromatic heterocycles. The van der Waals surface area contributed by atoms with Gasteiger partial charge in [-0.2, -0.15) is 0 Å². The van der Waals surface area contributed by atoms with Crippen LogP contribution in [-0.2, 0) is 10.4 Å². The Morgan fingerprint density at radius 1 is 1.12 bits per heavy atom. The number of nitrogens with one attached hydrogen (secondary N) is 1. The van der Waals surface area contributed by atoms with Crippen molar-refractivity contribution in [3.8, 4) is 0 Å². The molecule has 130 valence electrons. The summed E-state index contributed by atoms with van der Waals surface area (Å²) in [6.07, 6.45) is 0.568. The van der Waals surface area contributed by atoms with Crippen molar-refractivity contribution in [2.45, 2.75) is 12.0 Å². The number of carbonyl (C=O) groups is 2. The maximum Gasteiger partial charge on any atom is 0.335 e. The maximum atomic E-state index is 12.2. The van der Waals surface area contributed by atoms with Gasteiger partial charge >= 0.3 is 5.97 Å². The number of amides is 1. The predicted molar refractivity (Wildman–Crippen MR) is 93.4 cm³/mol. The second-order valence-electron chi connectivity index (χ2n) is 6.29. The van der Waals surface area contributed by atoms with Gasteiger partial charge in [0, 0.05) is 18.8 Å². The van der Waals surface area contributed by atoms with Crippen LogP contribution >= 0.6 is 0 Å². The number of carboxylic acid groups (broad SMARTS) is 1. The fraction of sp³-hybridized carbons (Fsp3) is 0.263. The van der Waals surface area contributed by atoms with E-state index in [0.29, 0.717) is 25.2 Å². The van der Waals surface area contributed by atoms with Crippen molar-refractivity contribution in [2.75, 3.05) is 25.0 Å². The van der Waals surface area contributed by atoms with Gasteiger partial charge in [-0.3, -0.25) is 9.69 Å². The van der Waals surface area contributed by atoms with E-state index in [1.165, 1.54) is 12.1 Å². The van der Waals surface area contributed by atoms with Gasteiger partial charge in [-0.15, -0.1) is 0 Å². The average Bonchev–Trinajstić information content (AvgIpc) is 2.98. The Hall–Kier alpha value is -2.70. The molecule has 1 fully saturated rings. The van der Waals surface area contributed by atoms with E-state index in [9.17, 15) is 14.7 Å². The molecule has 2 aromatic rings. The van der Waals surface area contributed by atoms with Gasteiger partial charge in [-0.25, -0.2) is 4.79 Å². The molecule has 0 spiro atoms. The summed E-state index contributed by atoms with van der Waals surface area (Å²) in [5.41, 5.74) is 0.483. The quantitative estimate of drug-likeness (QED) is 0.774. The van der Waals surface area contributed by atoms with Crippen LogP contribution in [0.15, 0.2) is 54.6 Å². The first kappa shape index (κ1) is 17.1. The summed E-state index contributed by atoms with van der Waals surface area (Å²) < 4.78 is 0. The van der Waals surface area contributed by atoms with Crippen molar-refractivity contribution in [1.29, 1.82) is 0 Å². The molecule has 0 bridgehead atoms. The topological polar surface area (TPSA) is 89.9 Å². The summed E-state index contributed by atoms with van der Waals surface area (Å²) in [6.45, 7) is 1.15. The van der Waals surface area contributed by atoms with Crippen molar-refractivity contribution < 1.29 is 19.8 Å². The van der Waals surface area contributed by atoms with Gasteiger partial charge in [0.1, 0.15) is 5.60 Å². The molecule has 3 rings (SSSR count). The molecule has 0 unspecified atom stereocenters. The lowest BCUT2D eigenvalue weighted by atomic mass is 9.93. The summed E-state index contributed by atoms with van der Waals surface area (Å²) >= 11 is 0. The number of hydrogen-bond acceptors (Lipinski definition) is 4. The molecular weight excluding hydrogens is 320 g/mol. The molecule has 1 saturated heterocycles. The highest BCUT2D eigenvalue weighted by molar-refractivity contribution is 5.94. The SMILES string of the molecule is O=C(CN1CC[C@@](O)(c2ccccc2)C1)Nc1cccc(C(=O)O)c1. The second kappa shape index (κ2) is 7.04. The molecule has 1 amide bonds. The molecule has 0 radical (unpaired) electrons. The number of aliphatic hydroxyl groups is 1. The Kier molecular flexibility index (Phi) is 4.83. The molecule has 1 heterocycles. The van der Waals surface area contributed by atoms with E-state index < -0.39 is 11.6 Å². The van der Waals surface area contributed by atoms with Crippen LogP contribution in [-0.4, -0.2) is 46.6 Å². The summed E-state index contributed by atoms with van der Waals surface area (Å²) in [5.74, 6) is -1.27. The summed E-state index contributed by atoms with van der Waals surface area (Å²) in [7, 11) is 0. The molecule has 6 heteroatoms. The summed E-state index contributed by atoms with van der Waals surface area (Å²) in [5, 5.41) is 22.5. The zero-order valence-electron chi connectivity index (χ0n) is 13.7. The van der Waals surface area contributed by atoms with Crippen LogP contribution in [0.3, 0.4) is 0 Å². The summed E-state index contributed by atoms with van der Waals surface area (Å²) in [4.78, 5) is 25.1. The number of benzene rings is 2. The van der Waals surface area contributed by atoms with Gasteiger partial charge in [-0.05, 0) is 30.2 Å². The van der Waals surface area contributed by atoms with Gasteiger partial charge < -0.3 is 15.5 Å². The number of rotatable bonds is 5. The molecule has 6 nitrogen and oxygen atoms in total. The highest BCUT2D eigenvalue weighted by Crippen LogP contribution is 2.31. The van der Waals surface area contributed by atoms with Gasteiger partial charge in [0.15, 0.2) is 0 Å². The number of carboxylic acids is 1. The molecule has 1 aliphatic heterocycles. The van der Waals surface area contributed by atoms with E-state index in [2.05, 4.69) is 5.32 Å². The first-order chi connectivity index (χ1) is 12.0. The standard InChI is InChI=1S/C19H20N2O4/c22-17(20-16-8-4-5-14(11-16)18(23)24)12-21-10-9-19(25,13-21)15-6-2-1-3-7-15/h1-8,11,25H,9-10,12-13H2,(H,20,22)(H,23,24)/t19-/m0/s1. The van der Waals surface area contributed by atoms with Crippen LogP contribution in [0.25, 0.3) is 0 Å². The molecule has 3 N–H and O–H groups in total. The van der Waals surface area contributed by atoms with Crippen LogP contribution < -0.4 is 5.32 Å². The van der Waals surface area contributed by atoms with Crippen molar-refractivity contribution in [2.24, 2.45) is 0 Å². The number of carbonyl (C=O) groups excluding carboxylic acids is 1. The zero-order chi connectivity index (χ0) is 17.9. The van der Waals surface area contributed by atoms with Crippen molar-refractivity contribution in [1.82, 2.24) is 4.90 Å². The zero-order valence-corrected chi connectivity index (χ0v) is 13.7. The third-order valence-electron chi connectivity index (χ3n) is 4.40. The van der Waals surface area contributed by atoms with E-state index in [-0.39, 0.29) is 18.0 Å². The number of β-amino-alcohol motifs (C(OH)–C–C–N with tert-alkyl or cyclic N) is 1. The fourth-order valence-corrected chi connectivity index (χ4v) is 3.12. The molecule has 2 aromatic carbocycles. The second-order valence-corrected chi connectivity index (χ2v) is 6.29. The third-order valence-corrected chi connectivity index (χ3v) is 4.40. The number of hydrogen-bond donors (Lipinski definition) is 3. The van der Waals surface area contributed by atoms with Gasteiger partial charge in [0.05, 0.1) is 12.1 Å². The minimum atomic E-state index is -1.04. The average molecular weight is 340 g/mol. The van der Waals surface area contributed by atoms with E-state index in [0.717, 1.165) is 5.56 Å². The van der Waals surface area contributed by atoms with E-state index >= 15 is 0 Å². The van der Waals surface area contributed by atoms with Crippen LogP contribution in [0.1, 0.15) is 22.3 Å². The monoisotopic (exact) mass is 340 g/mol. The van der Waals surface area contributed by atoms with Gasteiger partial charge in [-0.1, -0.05) is 36.4 Å². The maximum absolute atomic E-state index is 12.2. The number of nitrogens with zero attached hydrogens (tertiary/aromatic N) is 1. The fourth-order valence-electron chi connectivity index (χ4n) is 3.12. The minimum Gasteiger partial charge on any atom is -0.478 e. The molecular formula is C19H20N2O4. The Labute approximate surface area is 145 Å². The lowest BCUT2D eigenvalue weighted by Crippen LogP contribution is -2.35. The Bertz CT molecular complexity index is 778. The third kappa shape index (κ3) is 4.04. The predicted octanol–water partition coefficient (Wildman–Crippen LogP) is 1.92. The molecule has 25 heavy (non-hydrogen) atoms. The van der Waals surface area contributed by atoms with Crippen molar-refractivity contribution in [3.63, 3.8) is 0 Å². The first-order valence-electron chi connectivity index (χ1n) is 8.10. The molecule has 1 atom stereocenters. The Morgan fingerprint density at radius 3 is 2.60 bits per heavy atom. The Morgan fingerprint density at radius 2 is 1.88 bits per heavy atom. The minimum absolute atomic E-state index is 0.123. The van der Waals surface area contributed by atoms with E-state index in [1.54, 1.807) is 12.1 Å². The highest BCUT2D eigenvalue weighted by atomic mass is 16.4. The first-order valence-corrected chi connectivity index (χ1v) is 8.10. The molecule has 0 aliphatic carbocycles. The van der Waals surface area contributed by atoms with Crippen LogP contribution in [0, 0.1) is 0 Å². The largest absolute Gasteiger partial charge is 0.478 e. The normalized spacial score (nSPS) is 20.4. The highest BCUT2D eigenvalue weighted by Gasteiger charge is 2.37. The van der Waals surface area contributed by atoms with Gasteiger partial charge in [0.2, 0.25) is 5.91 Å². The lowest BCUT2D eigenvalue weighted by molar-refractivity contribution is -0.117. The molecule has 0 saturated carbocycles. The van der Waals surface area contributed by atoms with Crippen LogP contribution in [0.4, 0.5) is 5.69 Å². The molecule has 1 aliphatic rings. The van der Waals surface area contributed by atoms with Gasteiger partial charge in [0.25, 0.3) is 0 Å². The number of aromatic carboxylic acids is 1. The smallest absolute Gasteiger partial charge is 0.335 e. The van der Waals surface area contributed by atoms with E-state index in [4.69, 9.17) is 5.11 Å².